The van der Waals surface area contributed by atoms with Gasteiger partial charge >= 0.3 is 0 Å². The zero-order chi connectivity index (χ0) is 16.4. The molecular weight excluding hydrogens is 302 g/mol. The van der Waals surface area contributed by atoms with Crippen molar-refractivity contribution in [3.8, 4) is 0 Å². The summed E-state index contributed by atoms with van der Waals surface area (Å²) in [5, 5.41) is 6.44. The van der Waals surface area contributed by atoms with E-state index in [1.807, 2.05) is 24.3 Å². The van der Waals surface area contributed by atoms with E-state index in [1.54, 1.807) is 24.5 Å². The average molecular weight is 321 g/mol. The first-order valence-electron chi connectivity index (χ1n) is 8.21. The molecule has 0 bridgehead atoms. The lowest BCUT2D eigenvalue weighted by Gasteiger charge is -2.15. The molecule has 2 N–H and O–H groups in total. The molecule has 1 atom stereocenters. The molecule has 1 saturated heterocycles. The van der Waals surface area contributed by atoms with Gasteiger partial charge < -0.3 is 9.88 Å². The summed E-state index contributed by atoms with van der Waals surface area (Å²) < 4.78 is 2.09. The predicted octanol–water partition coefficient (Wildman–Crippen LogP) is 2.44. The van der Waals surface area contributed by atoms with E-state index in [4.69, 9.17) is 0 Å². The lowest BCUT2D eigenvalue weighted by atomic mass is 10.2. The first-order valence-corrected chi connectivity index (χ1v) is 8.21. The summed E-state index contributed by atoms with van der Waals surface area (Å²) in [7, 11) is 0. The summed E-state index contributed by atoms with van der Waals surface area (Å²) in [4.78, 5) is 21.1. The number of hydrogen-bond acceptors (Lipinski definition) is 4. The number of nitrogens with zero attached hydrogens (tertiary/aromatic N) is 3. The number of amides is 1. The topological polar surface area (TPSA) is 71.8 Å². The molecule has 4 rings (SSSR count). The number of nitrogens with one attached hydrogen (secondary N) is 2. The SMILES string of the molecule is O=C(Nc1nc2ccccc2n1CC1CCCN1)c1cccnc1. The van der Waals surface area contributed by atoms with Gasteiger partial charge in [0.15, 0.2) is 0 Å². The first-order chi connectivity index (χ1) is 11.8. The van der Waals surface area contributed by atoms with E-state index in [2.05, 4.69) is 25.2 Å². The fourth-order valence-corrected chi connectivity index (χ4v) is 3.16. The van der Waals surface area contributed by atoms with Crippen LogP contribution in [0.3, 0.4) is 0 Å². The van der Waals surface area contributed by atoms with E-state index in [1.165, 1.54) is 6.42 Å². The Hall–Kier alpha value is -2.73. The van der Waals surface area contributed by atoms with E-state index >= 15 is 0 Å². The van der Waals surface area contributed by atoms with Crippen LogP contribution in [0, 0.1) is 0 Å². The smallest absolute Gasteiger partial charge is 0.259 e. The van der Waals surface area contributed by atoms with Crippen LogP contribution < -0.4 is 10.6 Å². The van der Waals surface area contributed by atoms with Crippen molar-refractivity contribution < 1.29 is 4.79 Å². The minimum Gasteiger partial charge on any atom is -0.312 e. The van der Waals surface area contributed by atoms with E-state index < -0.39 is 0 Å². The number of fused-ring (bicyclic) bond motifs is 1. The number of carbonyl (C=O) groups is 1. The van der Waals surface area contributed by atoms with Crippen LogP contribution in [0.2, 0.25) is 0 Å². The molecule has 3 heterocycles. The number of para-hydroxylation sites is 2. The Balaban J connectivity index is 1.67. The molecule has 1 aliphatic rings. The van der Waals surface area contributed by atoms with Gasteiger partial charge in [-0.1, -0.05) is 12.1 Å². The van der Waals surface area contributed by atoms with Crippen molar-refractivity contribution in [1.82, 2.24) is 19.9 Å². The Labute approximate surface area is 139 Å². The molecule has 0 aliphatic carbocycles. The maximum absolute atomic E-state index is 12.5. The monoisotopic (exact) mass is 321 g/mol. The summed E-state index contributed by atoms with van der Waals surface area (Å²) in [6.45, 7) is 1.85. The summed E-state index contributed by atoms with van der Waals surface area (Å²) in [5.74, 6) is 0.387. The Kier molecular flexibility index (Phi) is 3.96. The summed E-state index contributed by atoms with van der Waals surface area (Å²) >= 11 is 0. The molecule has 122 valence electrons. The summed E-state index contributed by atoms with van der Waals surface area (Å²) in [6.07, 6.45) is 5.54. The van der Waals surface area contributed by atoms with Crippen LogP contribution in [-0.2, 0) is 6.54 Å². The molecule has 2 aromatic heterocycles. The number of pyridine rings is 1. The maximum atomic E-state index is 12.5. The predicted molar refractivity (Wildman–Crippen MR) is 92.9 cm³/mol. The first kappa shape index (κ1) is 14.8. The number of imidazole rings is 1. The largest absolute Gasteiger partial charge is 0.312 e. The van der Waals surface area contributed by atoms with Crippen LogP contribution in [0.25, 0.3) is 11.0 Å². The molecule has 1 unspecified atom stereocenters. The molecule has 6 heteroatoms. The minimum absolute atomic E-state index is 0.195. The molecule has 1 fully saturated rings. The molecule has 24 heavy (non-hydrogen) atoms. The highest BCUT2D eigenvalue weighted by atomic mass is 16.1. The van der Waals surface area contributed by atoms with Gasteiger partial charge in [0.05, 0.1) is 16.6 Å². The van der Waals surface area contributed by atoms with Crippen molar-refractivity contribution in [2.75, 3.05) is 11.9 Å². The van der Waals surface area contributed by atoms with Crippen molar-refractivity contribution >= 4 is 22.9 Å². The van der Waals surface area contributed by atoms with Crippen molar-refractivity contribution in [2.45, 2.75) is 25.4 Å². The molecule has 0 spiro atoms. The zero-order valence-electron chi connectivity index (χ0n) is 13.3. The summed E-state index contributed by atoms with van der Waals surface area (Å²) in [5.41, 5.74) is 2.44. The van der Waals surface area contributed by atoms with E-state index in [9.17, 15) is 4.79 Å². The van der Waals surface area contributed by atoms with Crippen LogP contribution in [0.4, 0.5) is 5.95 Å². The highest BCUT2D eigenvalue weighted by Crippen LogP contribution is 2.22. The lowest BCUT2D eigenvalue weighted by molar-refractivity contribution is 0.102. The fourth-order valence-electron chi connectivity index (χ4n) is 3.16. The van der Waals surface area contributed by atoms with Crippen LogP contribution in [-0.4, -0.2) is 33.0 Å². The van der Waals surface area contributed by atoms with Gasteiger partial charge in [0, 0.05) is 25.0 Å². The molecule has 1 aliphatic heterocycles. The van der Waals surface area contributed by atoms with Gasteiger partial charge in [0.1, 0.15) is 0 Å². The van der Waals surface area contributed by atoms with Gasteiger partial charge in [-0.2, -0.15) is 0 Å². The molecule has 3 aromatic rings. The van der Waals surface area contributed by atoms with Crippen LogP contribution >= 0.6 is 0 Å². The average Bonchev–Trinajstić information content (AvgIpc) is 3.25. The molecule has 1 amide bonds. The quantitative estimate of drug-likeness (QED) is 0.774. The van der Waals surface area contributed by atoms with Gasteiger partial charge in [0.2, 0.25) is 5.95 Å². The third-order valence-corrected chi connectivity index (χ3v) is 4.37. The third-order valence-electron chi connectivity index (χ3n) is 4.37. The third kappa shape index (κ3) is 2.88. The molecular formula is C18H19N5O. The molecule has 1 aromatic carbocycles. The van der Waals surface area contributed by atoms with Gasteiger partial charge in [-0.15, -0.1) is 0 Å². The standard InChI is InChI=1S/C18H19N5O/c24-17(13-5-3-9-19-11-13)22-18-21-15-7-1-2-8-16(15)23(18)12-14-6-4-10-20-14/h1-3,5,7-9,11,14,20H,4,6,10,12H2,(H,21,22,24). The number of rotatable bonds is 4. The molecule has 0 saturated carbocycles. The van der Waals surface area contributed by atoms with E-state index in [0.29, 0.717) is 17.6 Å². The van der Waals surface area contributed by atoms with Gasteiger partial charge in [0.25, 0.3) is 5.91 Å². The maximum Gasteiger partial charge on any atom is 0.259 e. The number of benzene rings is 1. The zero-order valence-corrected chi connectivity index (χ0v) is 13.3. The Bertz CT molecular complexity index is 852. The van der Waals surface area contributed by atoms with E-state index in [0.717, 1.165) is 30.5 Å². The van der Waals surface area contributed by atoms with Gasteiger partial charge in [-0.3, -0.25) is 15.1 Å². The Morgan fingerprint density at radius 3 is 3.00 bits per heavy atom. The van der Waals surface area contributed by atoms with Crippen molar-refractivity contribution in [3.63, 3.8) is 0 Å². The molecule has 0 radical (unpaired) electrons. The summed E-state index contributed by atoms with van der Waals surface area (Å²) in [6, 6.07) is 11.9. The van der Waals surface area contributed by atoms with Crippen molar-refractivity contribution in [2.24, 2.45) is 0 Å². The molecule has 6 nitrogen and oxygen atoms in total. The second-order valence-electron chi connectivity index (χ2n) is 6.02. The number of carbonyl (C=O) groups excluding carboxylic acids is 1. The normalized spacial score (nSPS) is 17.2. The van der Waals surface area contributed by atoms with Crippen molar-refractivity contribution in [1.29, 1.82) is 0 Å². The van der Waals surface area contributed by atoms with Crippen LogP contribution in [0.1, 0.15) is 23.2 Å². The number of anilines is 1. The van der Waals surface area contributed by atoms with Crippen molar-refractivity contribution in [3.05, 3.63) is 54.4 Å². The van der Waals surface area contributed by atoms with Gasteiger partial charge in [-0.25, -0.2) is 4.98 Å². The highest BCUT2D eigenvalue weighted by molar-refractivity contribution is 6.03. The van der Waals surface area contributed by atoms with Crippen LogP contribution in [0.15, 0.2) is 48.8 Å². The number of hydrogen-bond donors (Lipinski definition) is 2. The fraction of sp³-hybridized carbons (Fsp3) is 0.278. The lowest BCUT2D eigenvalue weighted by Crippen LogP contribution is -2.28. The Morgan fingerprint density at radius 1 is 1.29 bits per heavy atom. The second kappa shape index (κ2) is 6.41. The number of aromatic nitrogens is 3. The Morgan fingerprint density at radius 2 is 2.21 bits per heavy atom. The minimum atomic E-state index is -0.195. The highest BCUT2D eigenvalue weighted by Gasteiger charge is 2.20. The van der Waals surface area contributed by atoms with E-state index in [-0.39, 0.29) is 5.91 Å². The van der Waals surface area contributed by atoms with Gasteiger partial charge in [-0.05, 0) is 43.7 Å². The van der Waals surface area contributed by atoms with Crippen LogP contribution in [0.5, 0.6) is 0 Å². The second-order valence-corrected chi connectivity index (χ2v) is 6.02.